The van der Waals surface area contributed by atoms with Crippen molar-refractivity contribution in [2.24, 2.45) is 0 Å². The summed E-state index contributed by atoms with van der Waals surface area (Å²) in [6.07, 6.45) is 5.19. The van der Waals surface area contributed by atoms with Crippen molar-refractivity contribution in [1.82, 2.24) is 5.32 Å². The molecule has 98 valence electrons. The fourth-order valence-corrected chi connectivity index (χ4v) is 2.49. The molecule has 0 aromatic carbocycles. The summed E-state index contributed by atoms with van der Waals surface area (Å²) < 4.78 is 11.3. The zero-order valence-corrected chi connectivity index (χ0v) is 12.2. The Kier molecular flexibility index (Phi) is 5.49. The van der Waals surface area contributed by atoms with Gasteiger partial charge in [-0.3, -0.25) is 0 Å². The summed E-state index contributed by atoms with van der Waals surface area (Å²) >= 11 is 0. The molecule has 1 aliphatic rings. The highest BCUT2D eigenvalue weighted by molar-refractivity contribution is 6.57. The lowest BCUT2D eigenvalue weighted by Gasteiger charge is -2.23. The van der Waals surface area contributed by atoms with Crippen LogP contribution < -0.4 is 5.32 Å². The van der Waals surface area contributed by atoms with E-state index in [2.05, 4.69) is 25.0 Å². The first kappa shape index (κ1) is 14.3. The number of dihydropyridines is 1. The van der Waals surface area contributed by atoms with E-state index in [1.165, 1.54) is 0 Å². The molecule has 1 N–H and O–H groups in total. The zero-order chi connectivity index (χ0) is 13.5. The number of carbonyl (C=O) groups excluding carboxylic acids is 1. The highest BCUT2D eigenvalue weighted by atomic mass is 28.3. The predicted octanol–water partition coefficient (Wildman–Crippen LogP) is 1.66. The predicted molar refractivity (Wildman–Crippen MR) is 74.1 cm³/mol. The number of allylic oxidation sites excluding steroid dienone is 1. The van der Waals surface area contributed by atoms with Gasteiger partial charge in [0.1, 0.15) is 5.73 Å². The van der Waals surface area contributed by atoms with Crippen LogP contribution in [0.1, 0.15) is 6.92 Å². The minimum atomic E-state index is -1.02. The minimum absolute atomic E-state index is 0.00566. The standard InChI is InChI=1S/C13H19NO3Si/c1-5-12(18(3)4)17-11-7-8-14-10(9-15)13(11)16-6-2/h5,7-8,12,14,18H,1,6H2,2-4H3. The van der Waals surface area contributed by atoms with Crippen LogP contribution in [-0.2, 0) is 14.3 Å². The van der Waals surface area contributed by atoms with Gasteiger partial charge in [0, 0.05) is 12.3 Å². The second-order valence-corrected chi connectivity index (χ2v) is 7.29. The van der Waals surface area contributed by atoms with E-state index in [0.29, 0.717) is 18.1 Å². The Morgan fingerprint density at radius 1 is 1.61 bits per heavy atom. The molecule has 0 saturated carbocycles. The fraction of sp³-hybridized carbons (Fsp3) is 0.385. The van der Waals surface area contributed by atoms with E-state index in [0.717, 1.165) is 0 Å². The maximum atomic E-state index is 10.8. The summed E-state index contributed by atoms with van der Waals surface area (Å²) in [7, 11) is -1.02. The largest absolute Gasteiger partial charge is 0.487 e. The first-order valence-corrected chi connectivity index (χ1v) is 8.96. The van der Waals surface area contributed by atoms with E-state index in [-0.39, 0.29) is 11.4 Å². The molecule has 0 saturated heterocycles. The monoisotopic (exact) mass is 265 g/mol. The highest BCUT2D eigenvalue weighted by Gasteiger charge is 2.21. The van der Waals surface area contributed by atoms with Gasteiger partial charge in [0.15, 0.2) is 23.2 Å². The molecule has 0 spiro atoms. The van der Waals surface area contributed by atoms with Crippen LogP contribution in [-0.4, -0.2) is 27.1 Å². The van der Waals surface area contributed by atoms with E-state index in [1.807, 2.05) is 12.9 Å². The Morgan fingerprint density at radius 2 is 2.33 bits per heavy atom. The van der Waals surface area contributed by atoms with Crippen LogP contribution in [0.15, 0.2) is 42.1 Å². The average molecular weight is 265 g/mol. The Labute approximate surface area is 109 Å². The highest BCUT2D eigenvalue weighted by Crippen LogP contribution is 2.21. The van der Waals surface area contributed by atoms with Gasteiger partial charge in [0.2, 0.25) is 0 Å². The lowest BCUT2D eigenvalue weighted by Crippen LogP contribution is -2.27. The fourth-order valence-electron chi connectivity index (χ4n) is 1.52. The van der Waals surface area contributed by atoms with Gasteiger partial charge in [0.05, 0.1) is 15.4 Å². The maximum absolute atomic E-state index is 10.8. The third-order valence-electron chi connectivity index (χ3n) is 2.46. The first-order valence-electron chi connectivity index (χ1n) is 5.98. The number of hydrogen-bond acceptors (Lipinski definition) is 4. The van der Waals surface area contributed by atoms with Crippen LogP contribution >= 0.6 is 0 Å². The molecule has 4 nitrogen and oxygen atoms in total. The molecule has 0 amide bonds. The smallest absolute Gasteiger partial charge is 0.196 e. The average Bonchev–Trinajstić information content (AvgIpc) is 2.37. The van der Waals surface area contributed by atoms with Gasteiger partial charge >= 0.3 is 0 Å². The molecule has 1 heterocycles. The Morgan fingerprint density at radius 3 is 2.83 bits per heavy atom. The number of ether oxygens (including phenoxy) is 2. The van der Waals surface area contributed by atoms with Crippen LogP contribution in [0.4, 0.5) is 0 Å². The van der Waals surface area contributed by atoms with Crippen LogP contribution in [0.3, 0.4) is 0 Å². The van der Waals surface area contributed by atoms with Crippen LogP contribution in [0, 0.1) is 0 Å². The maximum Gasteiger partial charge on any atom is 0.196 e. The molecule has 1 aliphatic heterocycles. The Bertz CT molecular complexity index is 420. The Hall–Kier alpha value is -1.71. The van der Waals surface area contributed by atoms with Crippen molar-refractivity contribution in [2.45, 2.75) is 25.7 Å². The molecule has 0 fully saturated rings. The molecular formula is C13H19NO3Si. The van der Waals surface area contributed by atoms with Crippen LogP contribution in [0.2, 0.25) is 13.1 Å². The van der Waals surface area contributed by atoms with Crippen molar-refractivity contribution < 1.29 is 14.3 Å². The van der Waals surface area contributed by atoms with E-state index in [9.17, 15) is 4.79 Å². The van der Waals surface area contributed by atoms with Gasteiger partial charge < -0.3 is 14.8 Å². The minimum Gasteiger partial charge on any atom is -0.487 e. The SMILES string of the molecule is C=CC(OC1=C(OCC)C(=C=O)NC=C1)[SiH](C)C. The van der Waals surface area contributed by atoms with E-state index in [4.69, 9.17) is 9.47 Å². The number of rotatable bonds is 6. The summed E-state index contributed by atoms with van der Waals surface area (Å²) in [6, 6.07) is 0. The van der Waals surface area contributed by atoms with Crippen molar-refractivity contribution >= 4 is 14.7 Å². The summed E-state index contributed by atoms with van der Waals surface area (Å²) in [4.78, 5) is 10.8. The second-order valence-electron chi connectivity index (χ2n) is 4.14. The summed E-state index contributed by atoms with van der Waals surface area (Å²) in [5.41, 5.74) is 0.272. The summed E-state index contributed by atoms with van der Waals surface area (Å²) in [5.74, 6) is 2.79. The third-order valence-corrected chi connectivity index (χ3v) is 4.18. The normalized spacial score (nSPS) is 16.1. The molecule has 0 aliphatic carbocycles. The van der Waals surface area contributed by atoms with Crippen LogP contribution in [0.5, 0.6) is 0 Å². The van der Waals surface area contributed by atoms with E-state index < -0.39 is 8.80 Å². The van der Waals surface area contributed by atoms with Crippen molar-refractivity contribution in [3.05, 3.63) is 42.1 Å². The topological polar surface area (TPSA) is 47.6 Å². The molecule has 0 bridgehead atoms. The third kappa shape index (κ3) is 3.39. The van der Waals surface area contributed by atoms with Gasteiger partial charge in [0.25, 0.3) is 0 Å². The quantitative estimate of drug-likeness (QED) is 0.451. The number of hydrogen-bond donors (Lipinski definition) is 1. The molecule has 0 aromatic rings. The van der Waals surface area contributed by atoms with Gasteiger partial charge in [-0.1, -0.05) is 25.7 Å². The lowest BCUT2D eigenvalue weighted by molar-refractivity contribution is 0.169. The molecular weight excluding hydrogens is 246 g/mol. The summed E-state index contributed by atoms with van der Waals surface area (Å²) in [6.45, 7) is 10.4. The van der Waals surface area contributed by atoms with Gasteiger partial charge in [-0.05, 0) is 6.92 Å². The first-order chi connectivity index (χ1) is 8.63. The molecule has 1 rings (SSSR count). The molecule has 0 aromatic heterocycles. The van der Waals surface area contributed by atoms with Gasteiger partial charge in [-0.15, -0.1) is 0 Å². The molecule has 1 atom stereocenters. The number of nitrogens with one attached hydrogen (secondary N) is 1. The van der Waals surface area contributed by atoms with E-state index >= 15 is 0 Å². The molecule has 1 unspecified atom stereocenters. The van der Waals surface area contributed by atoms with Gasteiger partial charge in [-0.25, -0.2) is 4.79 Å². The van der Waals surface area contributed by atoms with Crippen molar-refractivity contribution in [2.75, 3.05) is 6.61 Å². The van der Waals surface area contributed by atoms with Crippen molar-refractivity contribution in [3.63, 3.8) is 0 Å². The summed E-state index contributed by atoms with van der Waals surface area (Å²) in [5, 5.41) is 2.79. The van der Waals surface area contributed by atoms with Gasteiger partial charge in [-0.2, -0.15) is 0 Å². The molecule has 0 radical (unpaired) electrons. The Balaban J connectivity index is 3.03. The molecule has 18 heavy (non-hydrogen) atoms. The van der Waals surface area contributed by atoms with Crippen molar-refractivity contribution in [3.8, 4) is 0 Å². The molecule has 5 heteroatoms. The van der Waals surface area contributed by atoms with E-state index in [1.54, 1.807) is 18.4 Å². The second kappa shape index (κ2) is 6.89. The van der Waals surface area contributed by atoms with Crippen LogP contribution in [0.25, 0.3) is 0 Å². The van der Waals surface area contributed by atoms with Crippen molar-refractivity contribution in [1.29, 1.82) is 0 Å². The zero-order valence-electron chi connectivity index (χ0n) is 11.0. The lowest BCUT2D eigenvalue weighted by atomic mass is 10.2.